The average Bonchev–Trinajstić information content (AvgIpc) is 3.16. The topological polar surface area (TPSA) is 190 Å². The van der Waals surface area contributed by atoms with E-state index < -0.39 is 107 Å². The van der Waals surface area contributed by atoms with Crippen LogP contribution in [0.4, 0.5) is 0 Å². The van der Waals surface area contributed by atoms with E-state index in [1.807, 2.05) is 0 Å². The molecule has 2 aromatic rings. The molecule has 55 heavy (non-hydrogen) atoms. The van der Waals surface area contributed by atoms with E-state index in [-0.39, 0.29) is 17.7 Å². The predicted octanol–water partition coefficient (Wildman–Crippen LogP) is 3.25. The first-order chi connectivity index (χ1) is 26.1. The molecule has 2 aromatic carbocycles. The Hall–Kier alpha value is -3.29. The molecule has 1 amide bonds. The zero-order valence-electron chi connectivity index (χ0n) is 29.6. The molecule has 0 aromatic heterocycles. The number of carbonyl (C=O) groups is 5. The highest BCUT2D eigenvalue weighted by Crippen LogP contribution is 2.38. The Bertz CT molecular complexity index is 1680. The van der Waals surface area contributed by atoms with Crippen LogP contribution in [0.2, 0.25) is 0 Å². The Morgan fingerprint density at radius 3 is 1.91 bits per heavy atom. The lowest BCUT2D eigenvalue weighted by molar-refractivity contribution is -0.383. The second-order valence-electron chi connectivity index (χ2n) is 12.7. The summed E-state index contributed by atoms with van der Waals surface area (Å²) in [6.45, 7) is 3.03. The second kappa shape index (κ2) is 18.3. The van der Waals surface area contributed by atoms with Gasteiger partial charge in [0.05, 0.1) is 24.8 Å². The molecule has 0 radical (unpaired) electrons. The fourth-order valence-corrected chi connectivity index (χ4v) is 6.28. The molecule has 10 atom stereocenters. The summed E-state index contributed by atoms with van der Waals surface area (Å²) in [6.07, 6.45) is -14.0. The molecule has 300 valence electrons. The minimum atomic E-state index is -2.56. The molecule has 3 heterocycles. The number of methoxy groups -OCH3 is 2. The maximum atomic E-state index is 13.7. The van der Waals surface area contributed by atoms with Gasteiger partial charge in [0.15, 0.2) is 42.8 Å². The van der Waals surface area contributed by atoms with Gasteiger partial charge in [-0.15, -0.1) is 11.6 Å². The summed E-state index contributed by atoms with van der Waals surface area (Å²) in [5.74, 6) is -6.86. The van der Waals surface area contributed by atoms with Gasteiger partial charge in [-0.05, 0) is 38.1 Å². The predicted molar refractivity (Wildman–Crippen MR) is 190 cm³/mol. The van der Waals surface area contributed by atoms with Gasteiger partial charge in [-0.3, -0.25) is 9.59 Å². The lowest BCUT2D eigenvalue weighted by Gasteiger charge is -2.52. The first-order valence-electron chi connectivity index (χ1n) is 16.6. The molecule has 20 heteroatoms. The van der Waals surface area contributed by atoms with Crippen molar-refractivity contribution in [3.8, 4) is 0 Å². The summed E-state index contributed by atoms with van der Waals surface area (Å²) in [5, 5.41) is 2.46. The van der Waals surface area contributed by atoms with Crippen LogP contribution in [0.5, 0.6) is 0 Å². The van der Waals surface area contributed by atoms with Gasteiger partial charge in [0.1, 0.15) is 30.2 Å². The van der Waals surface area contributed by atoms with Crippen LogP contribution in [-0.2, 0) is 61.8 Å². The Morgan fingerprint density at radius 1 is 0.800 bits per heavy atom. The molecule has 0 unspecified atom stereocenters. The molecule has 16 nitrogen and oxygen atoms in total. The maximum absolute atomic E-state index is 13.7. The molecule has 5 rings (SSSR count). The number of amides is 1. The summed E-state index contributed by atoms with van der Waals surface area (Å²) in [6, 6.07) is 14.0. The van der Waals surface area contributed by atoms with Crippen molar-refractivity contribution in [2.75, 3.05) is 26.7 Å². The van der Waals surface area contributed by atoms with Crippen LogP contribution in [0.15, 0.2) is 60.7 Å². The standard InChI is InChI=1S/C35H37Cl4NO15/c1-34(2)48-16-19-22(55-34)23(50-20(41)15-36)21(40-33(45)35(37,38)39)31(49-19)53-24-25(51-28(42)17-11-7-5-8-12-17)27(32(47-4)54-26(24)30(44)46-3)52-29(43)18-13-9-6-10-14-18/h5-14,19,21-27,31-32H,15-16H2,1-4H3,(H,40,45)/t19-,21-,22-,23-,24+,25+,26+,27-,31+,32-/m1/s1. The van der Waals surface area contributed by atoms with E-state index in [1.54, 1.807) is 50.2 Å². The average molecular weight is 853 g/mol. The third-order valence-electron chi connectivity index (χ3n) is 8.55. The number of hydrogen-bond acceptors (Lipinski definition) is 15. The van der Waals surface area contributed by atoms with Crippen molar-refractivity contribution in [3.63, 3.8) is 0 Å². The van der Waals surface area contributed by atoms with E-state index in [0.717, 1.165) is 7.11 Å². The van der Waals surface area contributed by atoms with Crippen molar-refractivity contribution >= 4 is 76.2 Å². The third kappa shape index (κ3) is 10.4. The number of ether oxygens (including phenoxy) is 10. The van der Waals surface area contributed by atoms with Crippen LogP contribution in [0, 0.1) is 0 Å². The molecule has 3 fully saturated rings. The number of benzene rings is 2. The molecule has 1 N–H and O–H groups in total. The number of rotatable bonds is 11. The van der Waals surface area contributed by atoms with Gasteiger partial charge >= 0.3 is 23.9 Å². The summed E-state index contributed by atoms with van der Waals surface area (Å²) in [7, 11) is 2.26. The third-order valence-corrected chi connectivity index (χ3v) is 9.28. The molecule has 0 saturated carbocycles. The number of halogens is 4. The minimum absolute atomic E-state index is 0.0706. The van der Waals surface area contributed by atoms with Crippen LogP contribution in [0.1, 0.15) is 34.6 Å². The van der Waals surface area contributed by atoms with Gasteiger partial charge in [-0.25, -0.2) is 14.4 Å². The zero-order valence-corrected chi connectivity index (χ0v) is 32.6. The summed E-state index contributed by atoms with van der Waals surface area (Å²) >= 11 is 23.6. The highest BCUT2D eigenvalue weighted by Gasteiger charge is 2.59. The van der Waals surface area contributed by atoms with Gasteiger partial charge in [0.2, 0.25) is 0 Å². The molecule has 0 aliphatic carbocycles. The van der Waals surface area contributed by atoms with Crippen LogP contribution in [0.3, 0.4) is 0 Å². The molecule has 3 saturated heterocycles. The van der Waals surface area contributed by atoms with Crippen molar-refractivity contribution in [2.24, 2.45) is 0 Å². The van der Waals surface area contributed by atoms with E-state index in [2.05, 4.69) is 5.32 Å². The van der Waals surface area contributed by atoms with Crippen molar-refractivity contribution in [3.05, 3.63) is 71.8 Å². The van der Waals surface area contributed by atoms with E-state index in [0.29, 0.717) is 0 Å². The van der Waals surface area contributed by atoms with Crippen molar-refractivity contribution in [1.29, 1.82) is 0 Å². The van der Waals surface area contributed by atoms with Crippen LogP contribution in [0.25, 0.3) is 0 Å². The molecular formula is C35H37Cl4NO15. The summed E-state index contributed by atoms with van der Waals surface area (Å²) in [4.78, 5) is 66.7. The minimum Gasteiger partial charge on any atom is -0.467 e. The summed E-state index contributed by atoms with van der Waals surface area (Å²) in [5.41, 5.74) is 0.180. The maximum Gasteiger partial charge on any atom is 0.338 e. The van der Waals surface area contributed by atoms with Gasteiger partial charge < -0.3 is 52.7 Å². The zero-order chi connectivity index (χ0) is 40.1. The Balaban J connectivity index is 1.62. The molecule has 0 bridgehead atoms. The van der Waals surface area contributed by atoms with E-state index >= 15 is 0 Å². The van der Waals surface area contributed by atoms with Crippen LogP contribution < -0.4 is 5.32 Å². The number of carbonyl (C=O) groups excluding carboxylic acids is 5. The number of hydrogen-bond donors (Lipinski definition) is 1. The fraction of sp³-hybridized carbons (Fsp3) is 0.514. The molecular weight excluding hydrogens is 816 g/mol. The lowest BCUT2D eigenvalue weighted by atomic mass is 9.93. The largest absolute Gasteiger partial charge is 0.467 e. The van der Waals surface area contributed by atoms with Gasteiger partial charge in [-0.1, -0.05) is 71.2 Å². The van der Waals surface area contributed by atoms with Crippen LogP contribution >= 0.6 is 46.4 Å². The number of alkyl halides is 4. The number of nitrogens with one attached hydrogen (secondary N) is 1. The van der Waals surface area contributed by atoms with Crippen LogP contribution in [-0.4, -0.2) is 127 Å². The Labute approximate surface area is 335 Å². The first-order valence-corrected chi connectivity index (χ1v) is 18.3. The monoisotopic (exact) mass is 851 g/mol. The SMILES string of the molecule is COC(=O)[C@H]1O[C@@H](OC)[C@H](OC(=O)c2ccccc2)[C@@H](OC(=O)c2ccccc2)[C@@H]1O[C@@H]1O[C@@H]2COC(C)(C)O[C@H]2[C@H](OC(=O)CCl)[C@H]1NC(=O)C(Cl)(Cl)Cl. The second-order valence-corrected chi connectivity index (χ2v) is 15.2. The normalized spacial score (nSPS) is 30.2. The van der Waals surface area contributed by atoms with Gasteiger partial charge in [0.25, 0.3) is 9.70 Å². The molecule has 0 spiro atoms. The Kier molecular flexibility index (Phi) is 14.3. The van der Waals surface area contributed by atoms with Crippen molar-refractivity contribution in [1.82, 2.24) is 5.32 Å². The molecule has 3 aliphatic rings. The first kappa shape index (κ1) is 42.8. The van der Waals surface area contributed by atoms with Gasteiger partial charge in [-0.2, -0.15) is 0 Å². The molecule has 3 aliphatic heterocycles. The van der Waals surface area contributed by atoms with E-state index in [9.17, 15) is 24.0 Å². The smallest absolute Gasteiger partial charge is 0.338 e. The van der Waals surface area contributed by atoms with E-state index in [4.69, 9.17) is 93.8 Å². The fourth-order valence-electron chi connectivity index (χ4n) is 6.05. The van der Waals surface area contributed by atoms with Crippen molar-refractivity contribution < 1.29 is 71.3 Å². The number of fused-ring (bicyclic) bond motifs is 1. The highest BCUT2D eigenvalue weighted by molar-refractivity contribution is 6.76. The van der Waals surface area contributed by atoms with E-state index in [1.165, 1.54) is 31.4 Å². The van der Waals surface area contributed by atoms with Gasteiger partial charge in [0, 0.05) is 7.11 Å². The van der Waals surface area contributed by atoms with Crippen molar-refractivity contribution in [2.45, 2.75) is 84.8 Å². The number of esters is 4. The quantitative estimate of drug-likeness (QED) is 0.197. The highest BCUT2D eigenvalue weighted by atomic mass is 35.6. The summed E-state index contributed by atoms with van der Waals surface area (Å²) < 4.78 is 56.1. The Morgan fingerprint density at radius 2 is 1.38 bits per heavy atom. The lowest BCUT2D eigenvalue weighted by Crippen LogP contribution is -2.72.